The molecule has 1 aromatic rings. The van der Waals surface area contributed by atoms with Gasteiger partial charge in [0.25, 0.3) is 0 Å². The molecule has 1 aromatic carbocycles. The lowest BCUT2D eigenvalue weighted by atomic mass is 10.1. The average Bonchev–Trinajstić information content (AvgIpc) is 2.27. The first-order valence-electron chi connectivity index (χ1n) is 4.72. The smallest absolute Gasteiger partial charge is 0.416 e. The lowest BCUT2D eigenvalue weighted by molar-refractivity contribution is -0.139. The van der Waals surface area contributed by atoms with Crippen molar-refractivity contribution >= 4 is 21.9 Å². The Balaban J connectivity index is 2.83. The summed E-state index contributed by atoms with van der Waals surface area (Å²) >= 11 is 3.06. The van der Waals surface area contributed by atoms with Crippen molar-refractivity contribution in [1.82, 2.24) is 0 Å². The van der Waals surface area contributed by atoms with Gasteiger partial charge in [-0.1, -0.05) is 34.1 Å². The van der Waals surface area contributed by atoms with E-state index in [1.807, 2.05) is 0 Å². The molecule has 0 bridgehead atoms. The number of halogens is 4. The molecule has 6 heteroatoms. The molecule has 0 amide bonds. The molecule has 0 saturated heterocycles. The fourth-order valence-electron chi connectivity index (χ4n) is 1.29. The van der Waals surface area contributed by atoms with Crippen LogP contribution >= 0.6 is 15.9 Å². The van der Waals surface area contributed by atoms with E-state index in [9.17, 15) is 18.0 Å². The van der Waals surface area contributed by atoms with E-state index in [1.54, 1.807) is 0 Å². The van der Waals surface area contributed by atoms with Crippen molar-refractivity contribution in [2.24, 2.45) is 0 Å². The first-order valence-corrected chi connectivity index (χ1v) is 5.64. The molecule has 2 nitrogen and oxygen atoms in total. The Morgan fingerprint density at radius 1 is 1.47 bits per heavy atom. The molecule has 0 aliphatic carbocycles. The maximum absolute atomic E-state index is 12.4. The fourth-order valence-corrected chi connectivity index (χ4v) is 1.85. The predicted octanol–water partition coefficient (Wildman–Crippen LogP) is 3.18. The van der Waals surface area contributed by atoms with Gasteiger partial charge in [-0.25, -0.2) is 0 Å². The zero-order valence-electron chi connectivity index (χ0n) is 8.92. The molecule has 0 heterocycles. The second kappa shape index (κ2) is 5.53. The highest BCUT2D eigenvalue weighted by Gasteiger charge is 2.30. The van der Waals surface area contributed by atoms with Crippen LogP contribution in [0.3, 0.4) is 0 Å². The summed E-state index contributed by atoms with van der Waals surface area (Å²) in [5, 5.41) is 0. The number of rotatable bonds is 3. The Morgan fingerprint density at radius 2 is 2.12 bits per heavy atom. The summed E-state index contributed by atoms with van der Waals surface area (Å²) < 4.78 is 41.8. The van der Waals surface area contributed by atoms with Crippen molar-refractivity contribution < 1.29 is 22.7 Å². The van der Waals surface area contributed by atoms with Crippen LogP contribution in [0.1, 0.15) is 11.1 Å². The number of esters is 1. The maximum atomic E-state index is 12.4. The normalized spacial score (nSPS) is 13.2. The van der Waals surface area contributed by atoms with Gasteiger partial charge in [0.1, 0.15) is 4.83 Å². The molecule has 1 rings (SSSR count). The van der Waals surface area contributed by atoms with Crippen LogP contribution in [0, 0.1) is 0 Å². The highest BCUT2D eigenvalue weighted by atomic mass is 79.9. The van der Waals surface area contributed by atoms with E-state index in [4.69, 9.17) is 0 Å². The van der Waals surface area contributed by atoms with Gasteiger partial charge in [0.2, 0.25) is 0 Å². The molecule has 0 aromatic heterocycles. The van der Waals surface area contributed by atoms with Crippen molar-refractivity contribution in [3.8, 4) is 0 Å². The lowest BCUT2D eigenvalue weighted by Gasteiger charge is -2.10. The van der Waals surface area contributed by atoms with Gasteiger partial charge in [0.15, 0.2) is 0 Å². The van der Waals surface area contributed by atoms with Crippen LogP contribution in [0.4, 0.5) is 13.2 Å². The minimum absolute atomic E-state index is 0.149. The molecule has 0 spiro atoms. The van der Waals surface area contributed by atoms with Crippen LogP contribution in [0.5, 0.6) is 0 Å². The molecular weight excluding hydrogens is 301 g/mol. The first-order chi connectivity index (χ1) is 7.84. The van der Waals surface area contributed by atoms with E-state index >= 15 is 0 Å². The molecule has 0 radical (unpaired) electrons. The van der Waals surface area contributed by atoms with Crippen molar-refractivity contribution in [2.45, 2.75) is 17.4 Å². The number of carbonyl (C=O) groups is 1. The summed E-state index contributed by atoms with van der Waals surface area (Å²) in [5.41, 5.74) is -0.299. The largest absolute Gasteiger partial charge is 0.468 e. The zero-order valence-corrected chi connectivity index (χ0v) is 10.5. The van der Waals surface area contributed by atoms with Gasteiger partial charge in [0.05, 0.1) is 12.7 Å². The molecule has 1 unspecified atom stereocenters. The number of hydrogen-bond acceptors (Lipinski definition) is 2. The van der Waals surface area contributed by atoms with Gasteiger partial charge in [-0.3, -0.25) is 4.79 Å². The molecule has 94 valence electrons. The van der Waals surface area contributed by atoms with Crippen LogP contribution in [0.2, 0.25) is 0 Å². The molecule has 0 saturated carbocycles. The van der Waals surface area contributed by atoms with Gasteiger partial charge in [0, 0.05) is 0 Å². The summed E-state index contributed by atoms with van der Waals surface area (Å²) in [6.45, 7) is 0. The molecule has 0 aliphatic heterocycles. The quantitative estimate of drug-likeness (QED) is 0.633. The molecular formula is C11H10BrF3O2. The molecule has 0 aliphatic rings. The predicted molar refractivity (Wildman–Crippen MR) is 59.9 cm³/mol. The molecule has 1 atom stereocenters. The second-order valence-electron chi connectivity index (χ2n) is 3.39. The third kappa shape index (κ3) is 4.03. The van der Waals surface area contributed by atoms with Gasteiger partial charge in [-0.2, -0.15) is 13.2 Å². The number of benzene rings is 1. The Hall–Kier alpha value is -1.04. The minimum atomic E-state index is -4.37. The fraction of sp³-hybridized carbons (Fsp3) is 0.364. The summed E-state index contributed by atoms with van der Waals surface area (Å²) in [5.74, 6) is -0.512. The SMILES string of the molecule is COC(=O)C(Br)Cc1cccc(C(F)(F)F)c1. The Bertz CT molecular complexity index is 404. The van der Waals surface area contributed by atoms with E-state index in [1.165, 1.54) is 19.2 Å². The van der Waals surface area contributed by atoms with Gasteiger partial charge < -0.3 is 4.74 Å². The summed E-state index contributed by atoms with van der Waals surface area (Å²) in [4.78, 5) is 10.5. The van der Waals surface area contributed by atoms with Crippen molar-refractivity contribution in [2.75, 3.05) is 7.11 Å². The number of hydrogen-bond donors (Lipinski definition) is 0. The van der Waals surface area contributed by atoms with E-state index in [-0.39, 0.29) is 6.42 Å². The summed E-state index contributed by atoms with van der Waals surface area (Å²) in [7, 11) is 1.22. The standard InChI is InChI=1S/C11H10BrF3O2/c1-17-10(16)9(12)6-7-3-2-4-8(5-7)11(13,14)15/h2-5,9H,6H2,1H3. The van der Waals surface area contributed by atoms with Crippen LogP contribution < -0.4 is 0 Å². The highest BCUT2D eigenvalue weighted by molar-refractivity contribution is 9.10. The van der Waals surface area contributed by atoms with E-state index in [0.29, 0.717) is 5.56 Å². The lowest BCUT2D eigenvalue weighted by Crippen LogP contribution is -2.18. The van der Waals surface area contributed by atoms with E-state index < -0.39 is 22.5 Å². The summed E-state index contributed by atoms with van der Waals surface area (Å²) in [6, 6.07) is 4.86. The van der Waals surface area contributed by atoms with Gasteiger partial charge in [-0.15, -0.1) is 0 Å². The van der Waals surface area contributed by atoms with E-state index in [2.05, 4.69) is 20.7 Å². The van der Waals surface area contributed by atoms with Crippen molar-refractivity contribution in [1.29, 1.82) is 0 Å². The summed E-state index contributed by atoms with van der Waals surface area (Å²) in [6.07, 6.45) is -4.22. The van der Waals surface area contributed by atoms with Crippen molar-refractivity contribution in [3.05, 3.63) is 35.4 Å². The highest BCUT2D eigenvalue weighted by Crippen LogP contribution is 2.30. The molecule has 17 heavy (non-hydrogen) atoms. The number of ether oxygens (including phenoxy) is 1. The monoisotopic (exact) mass is 310 g/mol. The Morgan fingerprint density at radius 3 is 2.65 bits per heavy atom. The number of carbonyl (C=O) groups excluding carboxylic acids is 1. The average molecular weight is 311 g/mol. The van der Waals surface area contributed by atoms with Gasteiger partial charge >= 0.3 is 12.1 Å². The number of alkyl halides is 4. The Kier molecular flexibility index (Phi) is 4.56. The minimum Gasteiger partial charge on any atom is -0.468 e. The number of methoxy groups -OCH3 is 1. The Labute approximate surface area is 105 Å². The third-order valence-corrected chi connectivity index (χ3v) is 2.82. The van der Waals surface area contributed by atoms with Crippen molar-refractivity contribution in [3.63, 3.8) is 0 Å². The second-order valence-corrected chi connectivity index (χ2v) is 4.50. The third-order valence-electron chi connectivity index (χ3n) is 2.13. The first kappa shape index (κ1) is 14.0. The van der Waals surface area contributed by atoms with E-state index in [0.717, 1.165) is 12.1 Å². The maximum Gasteiger partial charge on any atom is 0.416 e. The van der Waals surface area contributed by atoms with Crippen LogP contribution in [0.25, 0.3) is 0 Å². The molecule has 0 fully saturated rings. The van der Waals surface area contributed by atoms with Crippen LogP contribution in [-0.2, 0) is 22.1 Å². The van der Waals surface area contributed by atoms with Crippen LogP contribution in [-0.4, -0.2) is 17.9 Å². The zero-order chi connectivity index (χ0) is 13.1. The van der Waals surface area contributed by atoms with Crippen LogP contribution in [0.15, 0.2) is 24.3 Å². The topological polar surface area (TPSA) is 26.3 Å². The van der Waals surface area contributed by atoms with Gasteiger partial charge in [-0.05, 0) is 18.1 Å². The molecule has 0 N–H and O–H groups in total.